The molecule has 1 aliphatic heterocycles. The monoisotopic (exact) mass is 309 g/mol. The maximum atomic E-state index is 12.0. The lowest BCUT2D eigenvalue weighted by Gasteiger charge is -2.08. The van der Waals surface area contributed by atoms with Crippen molar-refractivity contribution in [3.63, 3.8) is 0 Å². The van der Waals surface area contributed by atoms with Crippen molar-refractivity contribution in [2.45, 2.75) is 13.0 Å². The molecule has 3 rings (SSSR count). The second-order valence-electron chi connectivity index (χ2n) is 5.33. The molecule has 2 aromatic rings. The molecule has 1 heterocycles. The van der Waals surface area contributed by atoms with Crippen molar-refractivity contribution in [3.8, 4) is 11.5 Å². The van der Waals surface area contributed by atoms with Gasteiger partial charge < -0.3 is 14.8 Å². The second-order valence-corrected chi connectivity index (χ2v) is 5.33. The molecule has 1 aliphatic rings. The van der Waals surface area contributed by atoms with Crippen molar-refractivity contribution in [1.29, 1.82) is 0 Å². The van der Waals surface area contributed by atoms with Crippen molar-refractivity contribution >= 4 is 12.0 Å². The number of hydrogen-bond acceptors (Lipinski definition) is 3. The van der Waals surface area contributed by atoms with E-state index in [0.29, 0.717) is 6.54 Å². The maximum Gasteiger partial charge on any atom is 0.244 e. The summed E-state index contributed by atoms with van der Waals surface area (Å²) in [5, 5.41) is 2.87. The Bertz CT molecular complexity index is 737. The summed E-state index contributed by atoms with van der Waals surface area (Å²) in [6.45, 7) is 1.17. The van der Waals surface area contributed by atoms with Crippen LogP contribution in [0, 0.1) is 0 Å². The van der Waals surface area contributed by atoms with Gasteiger partial charge in [0.25, 0.3) is 0 Å². The molecule has 0 fully saturated rings. The highest BCUT2D eigenvalue weighted by Gasteiger charge is 2.11. The Hall–Kier alpha value is -2.75. The van der Waals surface area contributed by atoms with Gasteiger partial charge in [-0.15, -0.1) is 0 Å². The summed E-state index contributed by atoms with van der Waals surface area (Å²) < 4.78 is 10.7. The third kappa shape index (κ3) is 3.72. The van der Waals surface area contributed by atoms with Crippen molar-refractivity contribution in [3.05, 3.63) is 65.2 Å². The Morgan fingerprint density at radius 1 is 1.30 bits per heavy atom. The molecule has 0 spiro atoms. The number of methoxy groups -OCH3 is 1. The maximum absolute atomic E-state index is 12.0. The van der Waals surface area contributed by atoms with E-state index in [9.17, 15) is 4.79 Å². The molecule has 0 aromatic heterocycles. The van der Waals surface area contributed by atoms with Gasteiger partial charge in [0.05, 0.1) is 13.7 Å². The van der Waals surface area contributed by atoms with Gasteiger partial charge in [0, 0.05) is 24.6 Å². The molecular formula is C19H19NO3. The molecule has 0 bridgehead atoms. The second kappa shape index (κ2) is 7.01. The van der Waals surface area contributed by atoms with Gasteiger partial charge in [0.15, 0.2) is 0 Å². The van der Waals surface area contributed by atoms with E-state index in [1.807, 2.05) is 42.5 Å². The number of amides is 1. The lowest BCUT2D eigenvalue weighted by molar-refractivity contribution is -0.116. The van der Waals surface area contributed by atoms with Crippen LogP contribution >= 0.6 is 0 Å². The van der Waals surface area contributed by atoms with Gasteiger partial charge >= 0.3 is 0 Å². The van der Waals surface area contributed by atoms with Gasteiger partial charge in [-0.3, -0.25) is 4.79 Å². The largest absolute Gasteiger partial charge is 0.496 e. The van der Waals surface area contributed by atoms with Crippen LogP contribution in [0.5, 0.6) is 11.5 Å². The van der Waals surface area contributed by atoms with Crippen LogP contribution in [0.4, 0.5) is 0 Å². The summed E-state index contributed by atoms with van der Waals surface area (Å²) in [6, 6.07) is 13.6. The summed E-state index contributed by atoms with van der Waals surface area (Å²) >= 11 is 0. The molecule has 4 heteroatoms. The first-order chi connectivity index (χ1) is 11.3. The first-order valence-corrected chi connectivity index (χ1v) is 7.60. The van der Waals surface area contributed by atoms with E-state index in [4.69, 9.17) is 9.47 Å². The van der Waals surface area contributed by atoms with Gasteiger partial charge in [-0.2, -0.15) is 0 Å². The Morgan fingerprint density at radius 2 is 2.17 bits per heavy atom. The molecule has 0 atom stereocenters. The predicted molar refractivity (Wildman–Crippen MR) is 89.5 cm³/mol. The third-order valence-electron chi connectivity index (χ3n) is 3.79. The highest BCUT2D eigenvalue weighted by Crippen LogP contribution is 2.26. The van der Waals surface area contributed by atoms with Gasteiger partial charge in [-0.05, 0) is 35.4 Å². The zero-order valence-corrected chi connectivity index (χ0v) is 13.0. The lowest BCUT2D eigenvalue weighted by atomic mass is 10.1. The van der Waals surface area contributed by atoms with Gasteiger partial charge in [0.2, 0.25) is 5.91 Å². The standard InChI is InChI=1S/C19H19NO3/c1-22-17-5-3-2-4-16(17)13-20-19(21)9-7-14-6-8-18-15(12-14)10-11-23-18/h2-9,12H,10-11,13H2,1H3,(H,20,21)/b9-7+. The van der Waals surface area contributed by atoms with E-state index in [-0.39, 0.29) is 5.91 Å². The fourth-order valence-corrected chi connectivity index (χ4v) is 2.57. The van der Waals surface area contributed by atoms with Crippen molar-refractivity contribution in [2.75, 3.05) is 13.7 Å². The van der Waals surface area contributed by atoms with Crippen LogP contribution in [0.25, 0.3) is 6.08 Å². The number of benzene rings is 2. The molecule has 118 valence electrons. The minimum atomic E-state index is -0.132. The average Bonchev–Trinajstić information content (AvgIpc) is 3.06. The molecule has 0 aliphatic carbocycles. The molecule has 0 unspecified atom stereocenters. The first-order valence-electron chi connectivity index (χ1n) is 7.60. The number of carbonyl (C=O) groups excluding carboxylic acids is 1. The fourth-order valence-electron chi connectivity index (χ4n) is 2.57. The van der Waals surface area contributed by atoms with E-state index in [2.05, 4.69) is 11.4 Å². The first kappa shape index (κ1) is 15.2. The zero-order valence-electron chi connectivity index (χ0n) is 13.0. The fraction of sp³-hybridized carbons (Fsp3) is 0.211. The van der Waals surface area contributed by atoms with Crippen LogP contribution in [0.3, 0.4) is 0 Å². The third-order valence-corrected chi connectivity index (χ3v) is 3.79. The van der Waals surface area contributed by atoms with Crippen LogP contribution in [0.2, 0.25) is 0 Å². The van der Waals surface area contributed by atoms with Gasteiger partial charge in [-0.1, -0.05) is 24.3 Å². The van der Waals surface area contributed by atoms with Crippen molar-refractivity contribution < 1.29 is 14.3 Å². The Morgan fingerprint density at radius 3 is 3.04 bits per heavy atom. The van der Waals surface area contributed by atoms with E-state index in [0.717, 1.165) is 35.7 Å². The van der Waals surface area contributed by atoms with Crippen LogP contribution < -0.4 is 14.8 Å². The zero-order chi connectivity index (χ0) is 16.1. The Balaban J connectivity index is 1.59. The van der Waals surface area contributed by atoms with E-state index < -0.39 is 0 Å². The molecule has 4 nitrogen and oxygen atoms in total. The van der Waals surface area contributed by atoms with E-state index in [1.165, 1.54) is 5.56 Å². The number of hydrogen-bond donors (Lipinski definition) is 1. The summed E-state index contributed by atoms with van der Waals surface area (Å²) in [5.41, 5.74) is 3.15. The van der Waals surface area contributed by atoms with Crippen molar-refractivity contribution in [1.82, 2.24) is 5.32 Å². The molecule has 0 saturated carbocycles. The van der Waals surface area contributed by atoms with Crippen LogP contribution in [0.15, 0.2) is 48.5 Å². The van der Waals surface area contributed by atoms with E-state index >= 15 is 0 Å². The minimum absolute atomic E-state index is 0.132. The van der Waals surface area contributed by atoms with Gasteiger partial charge in [0.1, 0.15) is 11.5 Å². The molecule has 0 saturated heterocycles. The number of rotatable bonds is 5. The predicted octanol–water partition coefficient (Wildman–Crippen LogP) is 2.96. The topological polar surface area (TPSA) is 47.6 Å². The smallest absolute Gasteiger partial charge is 0.244 e. The van der Waals surface area contributed by atoms with E-state index in [1.54, 1.807) is 13.2 Å². The molecule has 23 heavy (non-hydrogen) atoms. The Labute approximate surface area is 135 Å². The number of nitrogens with one attached hydrogen (secondary N) is 1. The molecule has 1 N–H and O–H groups in total. The average molecular weight is 309 g/mol. The quantitative estimate of drug-likeness (QED) is 0.864. The van der Waals surface area contributed by atoms with Crippen molar-refractivity contribution in [2.24, 2.45) is 0 Å². The number of carbonyl (C=O) groups is 1. The molecule has 1 amide bonds. The van der Waals surface area contributed by atoms with Crippen LogP contribution in [-0.4, -0.2) is 19.6 Å². The molecular weight excluding hydrogens is 290 g/mol. The molecule has 2 aromatic carbocycles. The Kier molecular flexibility index (Phi) is 4.62. The lowest BCUT2D eigenvalue weighted by Crippen LogP contribution is -2.20. The minimum Gasteiger partial charge on any atom is -0.496 e. The number of ether oxygens (including phenoxy) is 2. The highest BCUT2D eigenvalue weighted by atomic mass is 16.5. The number of para-hydroxylation sites is 1. The molecule has 0 radical (unpaired) electrons. The highest BCUT2D eigenvalue weighted by molar-refractivity contribution is 5.91. The summed E-state index contributed by atoms with van der Waals surface area (Å²) in [4.78, 5) is 12.0. The summed E-state index contributed by atoms with van der Waals surface area (Å²) in [6.07, 6.45) is 4.29. The van der Waals surface area contributed by atoms with Gasteiger partial charge in [-0.25, -0.2) is 0 Å². The van der Waals surface area contributed by atoms with Crippen LogP contribution in [0.1, 0.15) is 16.7 Å². The SMILES string of the molecule is COc1ccccc1CNC(=O)/C=C/c1ccc2c(c1)CCO2. The normalized spacial score (nSPS) is 12.7. The summed E-state index contributed by atoms with van der Waals surface area (Å²) in [7, 11) is 1.62. The summed E-state index contributed by atoms with van der Waals surface area (Å²) in [5.74, 6) is 1.59. The van der Waals surface area contributed by atoms with Crippen LogP contribution in [-0.2, 0) is 17.8 Å². The number of fused-ring (bicyclic) bond motifs is 1.